The molecule has 2 aromatic carbocycles. The van der Waals surface area contributed by atoms with Crippen LogP contribution in [0.15, 0.2) is 45.6 Å². The molecule has 4 rings (SSSR count). The maximum atomic E-state index is 14.7. The Morgan fingerprint density at radius 1 is 1.18 bits per heavy atom. The molecule has 0 aliphatic rings. The van der Waals surface area contributed by atoms with Gasteiger partial charge in [0.25, 0.3) is 0 Å². The van der Waals surface area contributed by atoms with Crippen molar-refractivity contribution in [1.82, 2.24) is 14.3 Å². The van der Waals surface area contributed by atoms with Crippen LogP contribution >= 0.6 is 0 Å². The lowest BCUT2D eigenvalue weighted by atomic mass is 10.0. The van der Waals surface area contributed by atoms with E-state index in [1.54, 1.807) is 17.9 Å². The minimum Gasteiger partial charge on any atom is -0.497 e. The van der Waals surface area contributed by atoms with E-state index in [1.165, 1.54) is 10.6 Å². The first-order valence-corrected chi connectivity index (χ1v) is 8.85. The summed E-state index contributed by atoms with van der Waals surface area (Å²) < 4.78 is 28.4. The molecule has 4 aromatic rings. The average Bonchev–Trinajstić information content (AvgIpc) is 3.13. The molecule has 0 N–H and O–H groups in total. The SMILES string of the molecule is COc1cccc(-c2cc(F)c3oc(=O)n(Cc4c(C)nn(C)c4C)c3c2)c1. The first kappa shape index (κ1) is 18.0. The van der Waals surface area contributed by atoms with Crippen LogP contribution in [0.2, 0.25) is 0 Å². The molecule has 0 saturated heterocycles. The highest BCUT2D eigenvalue weighted by atomic mass is 19.1. The molecule has 0 spiro atoms. The number of fused-ring (bicyclic) bond motifs is 1. The third kappa shape index (κ3) is 2.89. The highest BCUT2D eigenvalue weighted by Crippen LogP contribution is 2.29. The van der Waals surface area contributed by atoms with Crippen LogP contribution in [0, 0.1) is 19.7 Å². The van der Waals surface area contributed by atoms with Crippen LogP contribution in [0.4, 0.5) is 4.39 Å². The fourth-order valence-corrected chi connectivity index (χ4v) is 3.44. The van der Waals surface area contributed by atoms with Gasteiger partial charge in [0.15, 0.2) is 11.4 Å². The zero-order valence-corrected chi connectivity index (χ0v) is 16.1. The standard InChI is InChI=1S/C21H20FN3O3/c1-12-17(13(2)24(3)23-12)11-25-19-10-15(9-18(22)20(19)28-21(25)26)14-6-5-7-16(8-14)27-4/h5-10H,11H2,1-4H3. The van der Waals surface area contributed by atoms with Crippen molar-refractivity contribution < 1.29 is 13.5 Å². The van der Waals surface area contributed by atoms with Crippen LogP contribution < -0.4 is 10.5 Å². The van der Waals surface area contributed by atoms with Gasteiger partial charge in [0.1, 0.15) is 5.75 Å². The average molecular weight is 381 g/mol. The zero-order valence-electron chi connectivity index (χ0n) is 16.1. The van der Waals surface area contributed by atoms with Crippen LogP contribution in [-0.4, -0.2) is 21.5 Å². The van der Waals surface area contributed by atoms with E-state index in [1.807, 2.05) is 45.2 Å². The Bertz CT molecular complexity index is 1250. The first-order chi connectivity index (χ1) is 13.4. The minimum atomic E-state index is -0.598. The summed E-state index contributed by atoms with van der Waals surface area (Å²) >= 11 is 0. The van der Waals surface area contributed by atoms with Gasteiger partial charge in [-0.15, -0.1) is 0 Å². The van der Waals surface area contributed by atoms with E-state index in [2.05, 4.69) is 5.10 Å². The molecular formula is C21H20FN3O3. The van der Waals surface area contributed by atoms with E-state index < -0.39 is 11.6 Å². The summed E-state index contributed by atoms with van der Waals surface area (Å²) in [5.41, 5.74) is 4.47. The van der Waals surface area contributed by atoms with E-state index >= 15 is 0 Å². The lowest BCUT2D eigenvalue weighted by Crippen LogP contribution is -2.15. The van der Waals surface area contributed by atoms with Crippen molar-refractivity contribution in [3.05, 3.63) is 69.7 Å². The van der Waals surface area contributed by atoms with E-state index in [0.717, 1.165) is 22.5 Å². The number of benzene rings is 2. The van der Waals surface area contributed by atoms with E-state index in [-0.39, 0.29) is 12.1 Å². The molecule has 2 aromatic heterocycles. The van der Waals surface area contributed by atoms with Gasteiger partial charge in [0, 0.05) is 18.3 Å². The normalized spacial score (nSPS) is 11.3. The van der Waals surface area contributed by atoms with E-state index in [9.17, 15) is 9.18 Å². The summed E-state index contributed by atoms with van der Waals surface area (Å²) in [7, 11) is 3.43. The van der Waals surface area contributed by atoms with Gasteiger partial charge in [-0.25, -0.2) is 9.18 Å². The zero-order chi connectivity index (χ0) is 20.0. The van der Waals surface area contributed by atoms with Crippen molar-refractivity contribution in [1.29, 1.82) is 0 Å². The summed E-state index contributed by atoms with van der Waals surface area (Å²) in [5, 5.41) is 4.39. The van der Waals surface area contributed by atoms with Crippen molar-refractivity contribution in [2.24, 2.45) is 7.05 Å². The summed E-state index contributed by atoms with van der Waals surface area (Å²) in [6, 6.07) is 10.5. The molecule has 2 heterocycles. The van der Waals surface area contributed by atoms with Gasteiger partial charge >= 0.3 is 5.76 Å². The van der Waals surface area contributed by atoms with Crippen molar-refractivity contribution in [3.63, 3.8) is 0 Å². The molecule has 144 valence electrons. The number of rotatable bonds is 4. The fourth-order valence-electron chi connectivity index (χ4n) is 3.44. The highest BCUT2D eigenvalue weighted by molar-refractivity contribution is 5.81. The third-order valence-corrected chi connectivity index (χ3v) is 5.10. The molecule has 7 heteroatoms. The van der Waals surface area contributed by atoms with Crippen molar-refractivity contribution in [2.45, 2.75) is 20.4 Å². The Hall–Kier alpha value is -3.35. The van der Waals surface area contributed by atoms with Gasteiger partial charge in [0.2, 0.25) is 0 Å². The van der Waals surface area contributed by atoms with Gasteiger partial charge in [-0.3, -0.25) is 9.25 Å². The molecule has 0 aliphatic carbocycles. The highest BCUT2D eigenvalue weighted by Gasteiger charge is 2.18. The van der Waals surface area contributed by atoms with Crippen molar-refractivity contribution >= 4 is 11.1 Å². The predicted octanol–water partition coefficient (Wildman–Crippen LogP) is 3.81. The van der Waals surface area contributed by atoms with Crippen molar-refractivity contribution in [2.75, 3.05) is 7.11 Å². The number of halogens is 1. The molecule has 0 fully saturated rings. The van der Waals surface area contributed by atoms with E-state index in [0.29, 0.717) is 16.8 Å². The Labute approximate surface area is 160 Å². The number of hydrogen-bond donors (Lipinski definition) is 0. The topological polar surface area (TPSA) is 62.2 Å². The molecule has 0 saturated carbocycles. The molecule has 0 aliphatic heterocycles. The van der Waals surface area contributed by atoms with Gasteiger partial charge < -0.3 is 9.15 Å². The van der Waals surface area contributed by atoms with E-state index in [4.69, 9.17) is 9.15 Å². The molecule has 0 bridgehead atoms. The number of hydrogen-bond acceptors (Lipinski definition) is 4. The summed E-state index contributed by atoms with van der Waals surface area (Å²) in [6.07, 6.45) is 0. The quantitative estimate of drug-likeness (QED) is 0.539. The minimum absolute atomic E-state index is 0.0455. The van der Waals surface area contributed by atoms with Gasteiger partial charge in [-0.05, 0) is 49.2 Å². The Balaban J connectivity index is 1.89. The predicted molar refractivity (Wildman–Crippen MR) is 104 cm³/mol. The molecule has 6 nitrogen and oxygen atoms in total. The monoisotopic (exact) mass is 381 g/mol. The van der Waals surface area contributed by atoms with Crippen LogP contribution in [0.5, 0.6) is 5.75 Å². The van der Waals surface area contributed by atoms with Crippen LogP contribution in [0.1, 0.15) is 17.0 Å². The summed E-state index contributed by atoms with van der Waals surface area (Å²) in [4.78, 5) is 12.5. The van der Waals surface area contributed by atoms with Gasteiger partial charge in [-0.2, -0.15) is 5.10 Å². The Morgan fingerprint density at radius 2 is 1.96 bits per heavy atom. The lowest BCUT2D eigenvalue weighted by Gasteiger charge is -2.07. The maximum absolute atomic E-state index is 14.7. The third-order valence-electron chi connectivity index (χ3n) is 5.10. The lowest BCUT2D eigenvalue weighted by molar-refractivity contribution is 0.415. The van der Waals surface area contributed by atoms with Crippen molar-refractivity contribution in [3.8, 4) is 16.9 Å². The number of nitrogens with zero attached hydrogens (tertiary/aromatic N) is 3. The largest absolute Gasteiger partial charge is 0.497 e. The summed E-state index contributed by atoms with van der Waals surface area (Å²) in [6.45, 7) is 4.08. The first-order valence-electron chi connectivity index (χ1n) is 8.85. The molecule has 28 heavy (non-hydrogen) atoms. The van der Waals surface area contributed by atoms with Gasteiger partial charge in [0.05, 0.1) is 24.9 Å². The summed E-state index contributed by atoms with van der Waals surface area (Å²) in [5.74, 6) is -0.505. The number of oxazole rings is 1. The Kier molecular flexibility index (Phi) is 4.30. The van der Waals surface area contributed by atoms with Crippen LogP contribution in [0.3, 0.4) is 0 Å². The molecule has 0 unspecified atom stereocenters. The second-order valence-corrected chi connectivity index (χ2v) is 6.77. The number of aryl methyl sites for hydroxylation is 2. The number of ether oxygens (including phenoxy) is 1. The fraction of sp³-hybridized carbons (Fsp3) is 0.238. The second kappa shape index (κ2) is 6.67. The molecule has 0 amide bonds. The molecule has 0 atom stereocenters. The van der Waals surface area contributed by atoms with Crippen LogP contribution in [0.25, 0.3) is 22.2 Å². The number of methoxy groups -OCH3 is 1. The smallest absolute Gasteiger partial charge is 0.420 e. The molecular weight excluding hydrogens is 361 g/mol. The second-order valence-electron chi connectivity index (χ2n) is 6.77. The maximum Gasteiger partial charge on any atom is 0.420 e. The number of aromatic nitrogens is 3. The molecule has 0 radical (unpaired) electrons. The van der Waals surface area contributed by atoms with Crippen LogP contribution in [-0.2, 0) is 13.6 Å². The Morgan fingerprint density at radius 3 is 2.64 bits per heavy atom. The van der Waals surface area contributed by atoms with Gasteiger partial charge in [-0.1, -0.05) is 12.1 Å².